The predicted octanol–water partition coefficient (Wildman–Crippen LogP) is 1.95. The van der Waals surface area contributed by atoms with Crippen LogP contribution < -0.4 is 4.74 Å². The molecule has 1 fully saturated rings. The molecular formula is C18H26N2O4. The predicted molar refractivity (Wildman–Crippen MR) is 91.4 cm³/mol. The molecule has 1 saturated heterocycles. The third-order valence-electron chi connectivity index (χ3n) is 4.50. The second-order valence-electron chi connectivity index (χ2n) is 5.97. The molecule has 1 aliphatic rings. The van der Waals surface area contributed by atoms with Crippen molar-refractivity contribution in [1.82, 2.24) is 9.80 Å². The first-order valence-electron chi connectivity index (χ1n) is 8.52. The van der Waals surface area contributed by atoms with E-state index in [1.54, 1.807) is 29.2 Å². The monoisotopic (exact) mass is 334 g/mol. The summed E-state index contributed by atoms with van der Waals surface area (Å²) in [5.74, 6) is -0.657. The fraction of sp³-hybridized carbons (Fsp3) is 0.556. The zero-order chi connectivity index (χ0) is 17.5. The van der Waals surface area contributed by atoms with Crippen molar-refractivity contribution in [2.24, 2.45) is 5.92 Å². The van der Waals surface area contributed by atoms with E-state index >= 15 is 0 Å². The minimum Gasteiger partial charge on any atom is -0.492 e. The smallest absolute Gasteiger partial charge is 0.308 e. The molecule has 6 nitrogen and oxygen atoms in total. The van der Waals surface area contributed by atoms with E-state index in [9.17, 15) is 9.59 Å². The average Bonchev–Trinajstić information content (AvgIpc) is 3.09. The standard InChI is InChI=1S/C18H26N2O4/c1-3-19(4-2)11-12-24-16-7-5-14(6-8-16)17(21)20-10-9-15(13-20)18(22)23/h5-8,15H,3-4,9-13H2,1-2H3,(H,22,23)/t15-/m1/s1. The lowest BCUT2D eigenvalue weighted by atomic mass is 10.1. The molecule has 1 amide bonds. The lowest BCUT2D eigenvalue weighted by molar-refractivity contribution is -0.141. The molecule has 1 aromatic rings. The number of carbonyl (C=O) groups is 2. The highest BCUT2D eigenvalue weighted by Gasteiger charge is 2.31. The van der Waals surface area contributed by atoms with E-state index < -0.39 is 11.9 Å². The van der Waals surface area contributed by atoms with Gasteiger partial charge in [0.25, 0.3) is 5.91 Å². The Morgan fingerprint density at radius 2 is 1.92 bits per heavy atom. The summed E-state index contributed by atoms with van der Waals surface area (Å²) in [5, 5.41) is 9.02. The molecule has 2 rings (SSSR count). The van der Waals surface area contributed by atoms with Gasteiger partial charge in [0.2, 0.25) is 0 Å². The van der Waals surface area contributed by atoms with Gasteiger partial charge < -0.3 is 19.6 Å². The van der Waals surface area contributed by atoms with Gasteiger partial charge >= 0.3 is 5.97 Å². The molecule has 1 atom stereocenters. The third kappa shape index (κ3) is 4.71. The molecule has 1 aromatic carbocycles. The van der Waals surface area contributed by atoms with Crippen LogP contribution in [0.15, 0.2) is 24.3 Å². The van der Waals surface area contributed by atoms with Crippen LogP contribution >= 0.6 is 0 Å². The molecule has 1 heterocycles. The fourth-order valence-electron chi connectivity index (χ4n) is 2.86. The second kappa shape index (κ2) is 8.68. The van der Waals surface area contributed by atoms with E-state index in [0.29, 0.717) is 25.1 Å². The maximum absolute atomic E-state index is 12.4. The number of benzene rings is 1. The van der Waals surface area contributed by atoms with Gasteiger partial charge in [-0.25, -0.2) is 0 Å². The highest BCUT2D eigenvalue weighted by Crippen LogP contribution is 2.20. The molecular weight excluding hydrogens is 308 g/mol. The number of nitrogens with zero attached hydrogens (tertiary/aromatic N) is 2. The topological polar surface area (TPSA) is 70.1 Å². The highest BCUT2D eigenvalue weighted by atomic mass is 16.5. The van der Waals surface area contributed by atoms with Crippen LogP contribution in [0.2, 0.25) is 0 Å². The van der Waals surface area contributed by atoms with Crippen molar-refractivity contribution in [2.75, 3.05) is 39.3 Å². The third-order valence-corrected chi connectivity index (χ3v) is 4.50. The summed E-state index contributed by atoms with van der Waals surface area (Å²) < 4.78 is 5.70. The van der Waals surface area contributed by atoms with Crippen LogP contribution in [0, 0.1) is 5.92 Å². The Morgan fingerprint density at radius 1 is 1.25 bits per heavy atom. The van der Waals surface area contributed by atoms with E-state index in [1.165, 1.54) is 0 Å². The minimum atomic E-state index is -0.831. The van der Waals surface area contributed by atoms with Crippen molar-refractivity contribution in [3.8, 4) is 5.75 Å². The molecule has 0 bridgehead atoms. The summed E-state index contributed by atoms with van der Waals surface area (Å²) in [5.41, 5.74) is 0.567. The molecule has 6 heteroatoms. The van der Waals surface area contributed by atoms with Crippen molar-refractivity contribution in [1.29, 1.82) is 0 Å². The molecule has 132 valence electrons. The zero-order valence-corrected chi connectivity index (χ0v) is 14.4. The Kier molecular flexibility index (Phi) is 6.61. The van der Waals surface area contributed by atoms with E-state index in [-0.39, 0.29) is 12.5 Å². The minimum absolute atomic E-state index is 0.117. The van der Waals surface area contributed by atoms with Crippen LogP contribution in [-0.2, 0) is 4.79 Å². The van der Waals surface area contributed by atoms with Crippen LogP contribution in [0.5, 0.6) is 5.75 Å². The Hall–Kier alpha value is -2.08. The van der Waals surface area contributed by atoms with Crippen LogP contribution in [0.25, 0.3) is 0 Å². The summed E-state index contributed by atoms with van der Waals surface area (Å²) in [6.07, 6.45) is 0.521. The molecule has 0 aliphatic carbocycles. The van der Waals surface area contributed by atoms with Gasteiger partial charge in [0.05, 0.1) is 5.92 Å². The SMILES string of the molecule is CCN(CC)CCOc1ccc(C(=O)N2CC[C@@H](C(=O)O)C2)cc1. The van der Waals surface area contributed by atoms with Crippen molar-refractivity contribution >= 4 is 11.9 Å². The van der Waals surface area contributed by atoms with Crippen LogP contribution in [0.4, 0.5) is 0 Å². The summed E-state index contributed by atoms with van der Waals surface area (Å²) in [6, 6.07) is 7.06. The van der Waals surface area contributed by atoms with Crippen molar-refractivity contribution in [2.45, 2.75) is 20.3 Å². The molecule has 24 heavy (non-hydrogen) atoms. The number of hydrogen-bond donors (Lipinski definition) is 1. The molecule has 0 spiro atoms. The number of ether oxygens (including phenoxy) is 1. The fourth-order valence-corrected chi connectivity index (χ4v) is 2.86. The van der Waals surface area contributed by atoms with Gasteiger partial charge in [0.1, 0.15) is 12.4 Å². The Labute approximate surface area is 143 Å². The Bertz CT molecular complexity index is 555. The zero-order valence-electron chi connectivity index (χ0n) is 14.4. The van der Waals surface area contributed by atoms with E-state index in [4.69, 9.17) is 9.84 Å². The van der Waals surface area contributed by atoms with E-state index in [0.717, 1.165) is 25.4 Å². The van der Waals surface area contributed by atoms with Gasteiger partial charge in [-0.15, -0.1) is 0 Å². The first-order chi connectivity index (χ1) is 11.5. The van der Waals surface area contributed by atoms with Crippen LogP contribution in [0.1, 0.15) is 30.6 Å². The first kappa shape index (κ1) is 18.3. The number of carboxylic acids is 1. The number of aliphatic carboxylic acids is 1. The van der Waals surface area contributed by atoms with Crippen LogP contribution in [-0.4, -0.2) is 66.1 Å². The summed E-state index contributed by atoms with van der Waals surface area (Å²) >= 11 is 0. The number of hydrogen-bond acceptors (Lipinski definition) is 4. The van der Waals surface area contributed by atoms with Gasteiger partial charge in [-0.2, -0.15) is 0 Å². The molecule has 0 radical (unpaired) electrons. The number of carboxylic acid groups (broad SMARTS) is 1. The van der Waals surface area contributed by atoms with Crippen molar-refractivity contribution < 1.29 is 19.4 Å². The van der Waals surface area contributed by atoms with Gasteiger partial charge in [-0.1, -0.05) is 13.8 Å². The first-order valence-corrected chi connectivity index (χ1v) is 8.52. The van der Waals surface area contributed by atoms with Crippen molar-refractivity contribution in [3.05, 3.63) is 29.8 Å². The van der Waals surface area contributed by atoms with Crippen LogP contribution in [0.3, 0.4) is 0 Å². The quantitative estimate of drug-likeness (QED) is 0.787. The number of amides is 1. The molecule has 0 unspecified atom stereocenters. The largest absolute Gasteiger partial charge is 0.492 e. The maximum Gasteiger partial charge on any atom is 0.308 e. The average molecular weight is 334 g/mol. The van der Waals surface area contributed by atoms with Gasteiger partial charge in [0.15, 0.2) is 0 Å². The maximum atomic E-state index is 12.4. The van der Waals surface area contributed by atoms with Gasteiger partial charge in [-0.3, -0.25) is 9.59 Å². The second-order valence-corrected chi connectivity index (χ2v) is 5.97. The number of likely N-dealkylation sites (tertiary alicyclic amines) is 1. The summed E-state index contributed by atoms with van der Waals surface area (Å²) in [6.45, 7) is 8.52. The van der Waals surface area contributed by atoms with Gasteiger partial charge in [-0.05, 0) is 43.8 Å². The lowest BCUT2D eigenvalue weighted by Gasteiger charge is -2.18. The van der Waals surface area contributed by atoms with Crippen molar-refractivity contribution in [3.63, 3.8) is 0 Å². The molecule has 1 N–H and O–H groups in total. The summed E-state index contributed by atoms with van der Waals surface area (Å²) in [7, 11) is 0. The normalized spacial score (nSPS) is 17.3. The van der Waals surface area contributed by atoms with E-state index in [2.05, 4.69) is 18.7 Å². The summed E-state index contributed by atoms with van der Waals surface area (Å²) in [4.78, 5) is 27.3. The lowest BCUT2D eigenvalue weighted by Crippen LogP contribution is -2.30. The van der Waals surface area contributed by atoms with Gasteiger partial charge in [0, 0.05) is 25.2 Å². The highest BCUT2D eigenvalue weighted by molar-refractivity contribution is 5.94. The molecule has 0 aromatic heterocycles. The number of rotatable bonds is 8. The Morgan fingerprint density at radius 3 is 2.46 bits per heavy atom. The molecule has 1 aliphatic heterocycles. The molecule has 0 saturated carbocycles. The van der Waals surface area contributed by atoms with E-state index in [1.807, 2.05) is 0 Å². The number of carbonyl (C=O) groups excluding carboxylic acids is 1. The Balaban J connectivity index is 1.85. The number of likely N-dealkylation sites (N-methyl/N-ethyl adjacent to an activating group) is 1.